The molecule has 2 heteroatoms. The minimum Gasteiger partial charge on any atom is -0.398 e. The summed E-state index contributed by atoms with van der Waals surface area (Å²) in [4.78, 5) is 1.37. The van der Waals surface area contributed by atoms with Gasteiger partial charge in [-0.2, -0.15) is 0 Å². The molecule has 0 saturated heterocycles. The van der Waals surface area contributed by atoms with Gasteiger partial charge in [-0.05, 0) is 24.1 Å². The molecule has 1 aromatic carbocycles. The second-order valence-corrected chi connectivity index (χ2v) is 4.44. The Balaban J connectivity index is 2.49. The van der Waals surface area contributed by atoms with E-state index in [-0.39, 0.29) is 0 Å². The molecule has 0 aromatic heterocycles. The van der Waals surface area contributed by atoms with Crippen LogP contribution in [0.5, 0.6) is 0 Å². The van der Waals surface area contributed by atoms with Crippen LogP contribution in [0.4, 0.5) is 5.69 Å². The highest BCUT2D eigenvalue weighted by molar-refractivity contribution is 8.00. The molecule has 0 spiro atoms. The molecule has 1 nitrogen and oxygen atoms in total. The molecule has 0 saturated carbocycles. The third kappa shape index (κ3) is 1.11. The fourth-order valence-corrected chi connectivity index (χ4v) is 2.64. The number of anilines is 1. The van der Waals surface area contributed by atoms with Crippen LogP contribution in [0.3, 0.4) is 0 Å². The van der Waals surface area contributed by atoms with Gasteiger partial charge in [0.1, 0.15) is 0 Å². The van der Waals surface area contributed by atoms with Crippen molar-refractivity contribution in [1.29, 1.82) is 0 Å². The highest BCUT2D eigenvalue weighted by atomic mass is 32.2. The second-order valence-electron chi connectivity index (χ2n) is 2.96. The SMILES string of the molecule is CC1Cc2c(N)cccc2S1. The van der Waals surface area contributed by atoms with Gasteiger partial charge in [-0.3, -0.25) is 0 Å². The number of hydrogen-bond donors (Lipinski definition) is 1. The highest BCUT2D eigenvalue weighted by Gasteiger charge is 2.19. The van der Waals surface area contributed by atoms with Crippen molar-refractivity contribution in [2.45, 2.75) is 23.5 Å². The van der Waals surface area contributed by atoms with Crippen LogP contribution in [0.15, 0.2) is 23.1 Å². The van der Waals surface area contributed by atoms with Crippen LogP contribution in [0.25, 0.3) is 0 Å². The molecule has 0 fully saturated rings. The van der Waals surface area contributed by atoms with Crippen molar-refractivity contribution >= 4 is 17.4 Å². The molecule has 2 N–H and O–H groups in total. The van der Waals surface area contributed by atoms with E-state index >= 15 is 0 Å². The van der Waals surface area contributed by atoms with Crippen molar-refractivity contribution < 1.29 is 0 Å². The van der Waals surface area contributed by atoms with Gasteiger partial charge in [-0.15, -0.1) is 11.8 Å². The lowest BCUT2D eigenvalue weighted by atomic mass is 10.1. The van der Waals surface area contributed by atoms with Crippen molar-refractivity contribution in [2.75, 3.05) is 5.73 Å². The number of nitrogens with two attached hydrogens (primary N) is 1. The van der Waals surface area contributed by atoms with E-state index in [4.69, 9.17) is 5.73 Å². The number of hydrogen-bond acceptors (Lipinski definition) is 2. The van der Waals surface area contributed by atoms with Crippen LogP contribution in [-0.4, -0.2) is 5.25 Å². The van der Waals surface area contributed by atoms with Crippen molar-refractivity contribution in [3.8, 4) is 0 Å². The Morgan fingerprint density at radius 3 is 3.09 bits per heavy atom. The van der Waals surface area contributed by atoms with Crippen molar-refractivity contribution in [3.05, 3.63) is 23.8 Å². The topological polar surface area (TPSA) is 26.0 Å². The van der Waals surface area contributed by atoms with Crippen LogP contribution in [0.2, 0.25) is 0 Å². The van der Waals surface area contributed by atoms with E-state index in [0.29, 0.717) is 5.25 Å². The molecule has 11 heavy (non-hydrogen) atoms. The highest BCUT2D eigenvalue weighted by Crippen LogP contribution is 2.39. The molecule has 0 bridgehead atoms. The fraction of sp³-hybridized carbons (Fsp3) is 0.333. The molecule has 58 valence electrons. The minimum absolute atomic E-state index is 0.703. The van der Waals surface area contributed by atoms with Crippen LogP contribution in [0.1, 0.15) is 12.5 Å². The minimum atomic E-state index is 0.703. The molecule has 1 aliphatic heterocycles. The third-order valence-electron chi connectivity index (χ3n) is 1.99. The zero-order valence-electron chi connectivity index (χ0n) is 6.50. The quantitative estimate of drug-likeness (QED) is 0.597. The van der Waals surface area contributed by atoms with E-state index in [9.17, 15) is 0 Å². The van der Waals surface area contributed by atoms with Gasteiger partial charge < -0.3 is 5.73 Å². The Hall–Kier alpha value is -0.630. The van der Waals surface area contributed by atoms with Crippen LogP contribution in [0, 0.1) is 0 Å². The number of nitrogen functional groups attached to an aromatic ring is 1. The number of rotatable bonds is 0. The van der Waals surface area contributed by atoms with E-state index in [1.807, 2.05) is 23.9 Å². The summed E-state index contributed by atoms with van der Waals surface area (Å²) in [6, 6.07) is 6.16. The number of fused-ring (bicyclic) bond motifs is 1. The predicted molar refractivity (Wildman–Crippen MR) is 49.9 cm³/mol. The van der Waals surface area contributed by atoms with Gasteiger partial charge >= 0.3 is 0 Å². The first-order chi connectivity index (χ1) is 5.27. The van der Waals surface area contributed by atoms with E-state index in [0.717, 1.165) is 12.1 Å². The van der Waals surface area contributed by atoms with Gasteiger partial charge in [-0.1, -0.05) is 13.0 Å². The average Bonchev–Trinajstić information content (AvgIpc) is 2.31. The summed E-state index contributed by atoms with van der Waals surface area (Å²) in [5.74, 6) is 0. The molecule has 1 unspecified atom stereocenters. The Labute approximate surface area is 71.0 Å². The average molecular weight is 165 g/mol. The summed E-state index contributed by atoms with van der Waals surface area (Å²) >= 11 is 1.93. The third-order valence-corrected chi connectivity index (χ3v) is 3.19. The summed E-state index contributed by atoms with van der Waals surface area (Å²) in [7, 11) is 0. The molecule has 0 aliphatic carbocycles. The van der Waals surface area contributed by atoms with Crippen molar-refractivity contribution in [3.63, 3.8) is 0 Å². The Bertz CT molecular complexity index is 283. The first kappa shape index (κ1) is 7.04. The van der Waals surface area contributed by atoms with E-state index in [1.54, 1.807) is 0 Å². The van der Waals surface area contributed by atoms with E-state index < -0.39 is 0 Å². The lowest BCUT2D eigenvalue weighted by Gasteiger charge is -1.99. The Kier molecular flexibility index (Phi) is 1.57. The zero-order chi connectivity index (χ0) is 7.84. The monoisotopic (exact) mass is 165 g/mol. The number of benzene rings is 1. The second kappa shape index (κ2) is 2.45. The Morgan fingerprint density at radius 2 is 2.36 bits per heavy atom. The summed E-state index contributed by atoms with van der Waals surface area (Å²) in [6.45, 7) is 2.24. The van der Waals surface area contributed by atoms with Gasteiger partial charge in [-0.25, -0.2) is 0 Å². The molecule has 1 atom stereocenters. The summed E-state index contributed by atoms with van der Waals surface area (Å²) in [5, 5.41) is 0.703. The maximum absolute atomic E-state index is 5.82. The van der Waals surface area contributed by atoms with Crippen molar-refractivity contribution in [2.24, 2.45) is 0 Å². The first-order valence-electron chi connectivity index (χ1n) is 3.81. The molecular weight excluding hydrogens is 154 g/mol. The van der Waals surface area contributed by atoms with Gasteiger partial charge in [0.05, 0.1) is 0 Å². The van der Waals surface area contributed by atoms with Gasteiger partial charge in [0.25, 0.3) is 0 Å². The Morgan fingerprint density at radius 1 is 1.55 bits per heavy atom. The fourth-order valence-electron chi connectivity index (χ4n) is 1.46. The normalized spacial score (nSPS) is 21.7. The van der Waals surface area contributed by atoms with E-state index in [2.05, 4.69) is 13.0 Å². The van der Waals surface area contributed by atoms with Gasteiger partial charge in [0.2, 0.25) is 0 Å². The maximum atomic E-state index is 5.82. The summed E-state index contributed by atoms with van der Waals surface area (Å²) in [6.07, 6.45) is 1.13. The smallest absolute Gasteiger partial charge is 0.0358 e. The molecular formula is C9H11NS. The first-order valence-corrected chi connectivity index (χ1v) is 4.69. The largest absolute Gasteiger partial charge is 0.398 e. The lowest BCUT2D eigenvalue weighted by molar-refractivity contribution is 0.963. The summed E-state index contributed by atoms with van der Waals surface area (Å²) in [5.41, 5.74) is 8.13. The van der Waals surface area contributed by atoms with Crippen LogP contribution >= 0.6 is 11.8 Å². The lowest BCUT2D eigenvalue weighted by Crippen LogP contribution is -1.95. The molecule has 0 radical (unpaired) electrons. The molecule has 1 heterocycles. The number of thioether (sulfide) groups is 1. The summed E-state index contributed by atoms with van der Waals surface area (Å²) < 4.78 is 0. The van der Waals surface area contributed by atoms with E-state index in [1.165, 1.54) is 10.5 Å². The maximum Gasteiger partial charge on any atom is 0.0358 e. The molecule has 0 amide bonds. The van der Waals surface area contributed by atoms with Gasteiger partial charge in [0, 0.05) is 15.8 Å². The predicted octanol–water partition coefficient (Wildman–Crippen LogP) is 2.31. The molecule has 1 aliphatic rings. The molecule has 2 rings (SSSR count). The van der Waals surface area contributed by atoms with Crippen LogP contribution < -0.4 is 5.73 Å². The van der Waals surface area contributed by atoms with Crippen LogP contribution in [-0.2, 0) is 6.42 Å². The molecule has 1 aromatic rings. The zero-order valence-corrected chi connectivity index (χ0v) is 7.32. The standard InChI is InChI=1S/C9H11NS/c1-6-5-7-8(10)3-2-4-9(7)11-6/h2-4,6H,5,10H2,1H3. The van der Waals surface area contributed by atoms with Crippen molar-refractivity contribution in [1.82, 2.24) is 0 Å². The van der Waals surface area contributed by atoms with Gasteiger partial charge in [0.15, 0.2) is 0 Å².